The summed E-state index contributed by atoms with van der Waals surface area (Å²) in [7, 11) is 0. The third-order valence-electron chi connectivity index (χ3n) is 7.00. The maximum Gasteiger partial charge on any atom is 0.309 e. The summed E-state index contributed by atoms with van der Waals surface area (Å²) in [6, 6.07) is 7.67. The molecule has 0 spiro atoms. The Balaban J connectivity index is 1.86. The molecular weight excluding hydrogens is 422 g/mol. The highest BCUT2D eigenvalue weighted by atomic mass is 16.6. The van der Waals surface area contributed by atoms with Crippen LogP contribution in [0, 0.1) is 22.5 Å². The number of aliphatic hydroxyl groups is 1. The minimum absolute atomic E-state index is 0.00786. The highest BCUT2D eigenvalue weighted by molar-refractivity contribution is 5.78. The summed E-state index contributed by atoms with van der Waals surface area (Å²) in [5, 5.41) is 32.7. The van der Waals surface area contributed by atoms with Crippen molar-refractivity contribution in [1.29, 1.82) is 0 Å². The molecule has 1 atom stereocenters. The highest BCUT2D eigenvalue weighted by Crippen LogP contribution is 2.50. The molecule has 0 amide bonds. The van der Waals surface area contributed by atoms with Gasteiger partial charge in [-0.1, -0.05) is 6.07 Å². The lowest BCUT2D eigenvalue weighted by Crippen LogP contribution is -2.24. The Bertz CT molecular complexity index is 1100. The van der Waals surface area contributed by atoms with Gasteiger partial charge in [-0.15, -0.1) is 0 Å². The molecule has 2 aromatic rings. The van der Waals surface area contributed by atoms with E-state index in [2.05, 4.69) is 6.07 Å². The van der Waals surface area contributed by atoms with E-state index in [1.54, 1.807) is 26.8 Å². The number of carboxylic acids is 1. The largest absolute Gasteiger partial charge is 0.493 e. The second-order valence-corrected chi connectivity index (χ2v) is 9.95. The maximum atomic E-state index is 11.9. The Hall–Kier alpha value is -2.93. The average molecular weight is 454 g/mol. The maximum absolute atomic E-state index is 11.9. The van der Waals surface area contributed by atoms with E-state index in [4.69, 9.17) is 4.74 Å². The van der Waals surface area contributed by atoms with Crippen LogP contribution in [0.4, 0.5) is 5.69 Å². The van der Waals surface area contributed by atoms with Gasteiger partial charge in [0.1, 0.15) is 5.75 Å². The molecule has 1 fully saturated rings. The van der Waals surface area contributed by atoms with E-state index in [1.165, 1.54) is 0 Å². The van der Waals surface area contributed by atoms with Crippen LogP contribution in [0.5, 0.6) is 5.75 Å². The molecule has 1 heterocycles. The van der Waals surface area contributed by atoms with E-state index in [-0.39, 0.29) is 29.4 Å². The van der Waals surface area contributed by atoms with E-state index in [0.29, 0.717) is 17.7 Å². The number of nitrogens with zero attached hydrogens (tertiary/aromatic N) is 1. The number of nitro groups is 1. The Morgan fingerprint density at radius 3 is 2.67 bits per heavy atom. The van der Waals surface area contributed by atoms with Crippen molar-refractivity contribution in [2.24, 2.45) is 5.41 Å². The number of hydrogen-bond donors (Lipinski definition) is 2. The fourth-order valence-corrected chi connectivity index (χ4v) is 4.72. The van der Waals surface area contributed by atoms with Crippen molar-refractivity contribution in [3.8, 4) is 16.9 Å². The third-order valence-corrected chi connectivity index (χ3v) is 7.00. The molecule has 176 valence electrons. The summed E-state index contributed by atoms with van der Waals surface area (Å²) in [6.07, 6.45) is 3.20. The number of nitro benzene ring substituents is 1. The highest BCUT2D eigenvalue weighted by Gasteiger charge is 2.35. The van der Waals surface area contributed by atoms with Crippen LogP contribution < -0.4 is 4.74 Å². The first-order chi connectivity index (χ1) is 15.6. The smallest absolute Gasteiger partial charge is 0.309 e. The molecule has 33 heavy (non-hydrogen) atoms. The summed E-state index contributed by atoms with van der Waals surface area (Å²) >= 11 is 0. The molecule has 4 rings (SSSR count). The molecule has 1 unspecified atom stereocenters. The number of rotatable bonds is 8. The van der Waals surface area contributed by atoms with Gasteiger partial charge in [0, 0.05) is 11.6 Å². The van der Waals surface area contributed by atoms with Gasteiger partial charge < -0.3 is 14.9 Å². The standard InChI is InChI=1S/C26H31NO6/c1-15-20(27(31)32)14-19(16-6-7-16)24(18-8-9-22-17(13-18)5-4-12-33-22)23(15)21(28)10-11-26(2,3)25(29)30/h8-9,13-14,16,21,28H,4-7,10-12H2,1-3H3,(H,29,30). The second kappa shape index (κ2) is 8.78. The number of hydrogen-bond acceptors (Lipinski definition) is 5. The van der Waals surface area contributed by atoms with Crippen LogP contribution in [0.3, 0.4) is 0 Å². The van der Waals surface area contributed by atoms with Crippen LogP contribution in [0.15, 0.2) is 24.3 Å². The molecular formula is C26H31NO6. The molecule has 1 aliphatic heterocycles. The van der Waals surface area contributed by atoms with Crippen molar-refractivity contribution in [2.75, 3.05) is 6.61 Å². The van der Waals surface area contributed by atoms with Gasteiger partial charge in [-0.2, -0.15) is 0 Å². The van der Waals surface area contributed by atoms with Crippen molar-refractivity contribution in [3.05, 3.63) is 56.6 Å². The number of aliphatic hydroxyl groups excluding tert-OH is 1. The monoisotopic (exact) mass is 453 g/mol. The van der Waals surface area contributed by atoms with Crippen LogP contribution in [-0.4, -0.2) is 27.7 Å². The summed E-state index contributed by atoms with van der Waals surface area (Å²) in [5.74, 6) is 0.161. The van der Waals surface area contributed by atoms with Gasteiger partial charge in [-0.3, -0.25) is 14.9 Å². The van der Waals surface area contributed by atoms with Crippen molar-refractivity contribution in [3.63, 3.8) is 0 Å². The number of aliphatic carboxylic acids is 1. The minimum Gasteiger partial charge on any atom is -0.493 e. The lowest BCUT2D eigenvalue weighted by atomic mass is 9.81. The number of aryl methyl sites for hydroxylation is 1. The SMILES string of the molecule is Cc1c([N+](=O)[O-])cc(C2CC2)c(-c2ccc3c(c2)CCCO3)c1C(O)CCC(C)(C)C(=O)O. The van der Waals surface area contributed by atoms with Crippen LogP contribution in [0.1, 0.15) is 80.2 Å². The van der Waals surface area contributed by atoms with Crippen LogP contribution in [0.25, 0.3) is 11.1 Å². The first-order valence-corrected chi connectivity index (χ1v) is 11.6. The normalized spacial score (nSPS) is 16.6. The lowest BCUT2D eigenvalue weighted by Gasteiger charge is -2.26. The van der Waals surface area contributed by atoms with Gasteiger partial charge in [0.25, 0.3) is 5.69 Å². The molecule has 0 radical (unpaired) electrons. The summed E-state index contributed by atoms with van der Waals surface area (Å²) in [4.78, 5) is 23.1. The number of carbonyl (C=O) groups is 1. The Kier molecular flexibility index (Phi) is 6.18. The van der Waals surface area contributed by atoms with Gasteiger partial charge >= 0.3 is 5.97 Å². The van der Waals surface area contributed by atoms with E-state index in [9.17, 15) is 25.1 Å². The Morgan fingerprint density at radius 2 is 2.03 bits per heavy atom. The second-order valence-electron chi connectivity index (χ2n) is 9.95. The van der Waals surface area contributed by atoms with E-state index in [0.717, 1.165) is 53.7 Å². The van der Waals surface area contributed by atoms with Gasteiger partial charge in [0.05, 0.1) is 23.0 Å². The van der Waals surface area contributed by atoms with Crippen molar-refractivity contribution in [1.82, 2.24) is 0 Å². The van der Waals surface area contributed by atoms with Crippen molar-refractivity contribution < 1.29 is 24.7 Å². The quantitative estimate of drug-likeness (QED) is 0.392. The van der Waals surface area contributed by atoms with Gasteiger partial charge in [-0.25, -0.2) is 0 Å². The molecule has 0 bridgehead atoms. The van der Waals surface area contributed by atoms with Gasteiger partial charge in [-0.05, 0) is 105 Å². The molecule has 2 aliphatic rings. The number of benzene rings is 2. The topological polar surface area (TPSA) is 110 Å². The third kappa shape index (κ3) is 4.60. The van der Waals surface area contributed by atoms with E-state index >= 15 is 0 Å². The molecule has 0 aromatic heterocycles. The fraction of sp³-hybridized carbons (Fsp3) is 0.500. The van der Waals surface area contributed by atoms with Crippen molar-refractivity contribution in [2.45, 2.75) is 71.3 Å². The summed E-state index contributed by atoms with van der Waals surface area (Å²) in [5.41, 5.74) is 3.77. The van der Waals surface area contributed by atoms with Crippen LogP contribution in [-0.2, 0) is 11.2 Å². The molecule has 1 aliphatic carbocycles. The average Bonchev–Trinajstić information content (AvgIpc) is 3.61. The van der Waals surface area contributed by atoms with Crippen LogP contribution >= 0.6 is 0 Å². The van der Waals surface area contributed by atoms with Gasteiger partial charge in [0.2, 0.25) is 0 Å². The fourth-order valence-electron chi connectivity index (χ4n) is 4.72. The number of carboxylic acid groups (broad SMARTS) is 1. The molecule has 7 nitrogen and oxygen atoms in total. The lowest BCUT2D eigenvalue weighted by molar-refractivity contribution is -0.385. The van der Waals surface area contributed by atoms with E-state index in [1.807, 2.05) is 12.1 Å². The predicted octanol–water partition coefficient (Wildman–Crippen LogP) is 5.70. The predicted molar refractivity (Wildman–Crippen MR) is 125 cm³/mol. The Morgan fingerprint density at radius 1 is 1.30 bits per heavy atom. The molecule has 7 heteroatoms. The molecule has 0 saturated heterocycles. The first-order valence-electron chi connectivity index (χ1n) is 11.6. The van der Waals surface area contributed by atoms with E-state index < -0.39 is 17.5 Å². The van der Waals surface area contributed by atoms with Crippen LogP contribution in [0.2, 0.25) is 0 Å². The number of fused-ring (bicyclic) bond motifs is 1. The first kappa shape index (κ1) is 23.2. The number of ether oxygens (including phenoxy) is 1. The van der Waals surface area contributed by atoms with Crippen molar-refractivity contribution >= 4 is 11.7 Å². The summed E-state index contributed by atoms with van der Waals surface area (Å²) in [6.45, 7) is 5.63. The van der Waals surface area contributed by atoms with Gasteiger partial charge in [0.15, 0.2) is 0 Å². The molecule has 1 saturated carbocycles. The Labute approximate surface area is 193 Å². The zero-order valence-electron chi connectivity index (χ0n) is 19.4. The zero-order valence-corrected chi connectivity index (χ0v) is 19.4. The molecule has 2 N–H and O–H groups in total. The zero-order chi connectivity index (χ0) is 23.9. The minimum atomic E-state index is -1.01. The molecule has 2 aromatic carbocycles. The summed E-state index contributed by atoms with van der Waals surface area (Å²) < 4.78 is 5.76.